The molecule has 1 atom stereocenters. The molecule has 0 radical (unpaired) electrons. The Morgan fingerprint density at radius 2 is 1.86 bits per heavy atom. The van der Waals surface area contributed by atoms with E-state index in [1.807, 2.05) is 6.07 Å². The number of halogens is 2. The van der Waals surface area contributed by atoms with Crippen LogP contribution in [0.5, 0.6) is 0 Å². The van der Waals surface area contributed by atoms with Crippen molar-refractivity contribution < 1.29 is 23.1 Å². The first-order valence-electron chi connectivity index (χ1n) is 8.83. The second-order valence-electron chi connectivity index (χ2n) is 6.64. The van der Waals surface area contributed by atoms with Gasteiger partial charge in [0.1, 0.15) is 12.6 Å². The second-order valence-corrected chi connectivity index (χ2v) is 6.64. The highest BCUT2D eigenvalue weighted by Crippen LogP contribution is 2.33. The molecule has 1 aliphatic rings. The number of alkyl halides is 2. The van der Waals surface area contributed by atoms with Crippen molar-refractivity contribution in [3.8, 4) is 0 Å². The number of amides is 2. The summed E-state index contributed by atoms with van der Waals surface area (Å²) in [6.45, 7) is -0.640. The van der Waals surface area contributed by atoms with Gasteiger partial charge >= 0.3 is 6.09 Å². The Labute approximate surface area is 161 Å². The quantitative estimate of drug-likeness (QED) is 0.823. The molecule has 1 aliphatic heterocycles. The Balaban J connectivity index is 1.68. The summed E-state index contributed by atoms with van der Waals surface area (Å²) in [6, 6.07) is 14.3. The summed E-state index contributed by atoms with van der Waals surface area (Å²) >= 11 is 0. The number of carbonyl (C=O) groups excluding carboxylic acids is 2. The molecule has 148 valence electrons. The number of ether oxygens (including phenoxy) is 1. The summed E-state index contributed by atoms with van der Waals surface area (Å²) in [5.74, 6) is -3.85. The molecule has 0 saturated carbocycles. The van der Waals surface area contributed by atoms with E-state index >= 15 is 0 Å². The maximum atomic E-state index is 13.9. The van der Waals surface area contributed by atoms with Gasteiger partial charge < -0.3 is 15.8 Å². The van der Waals surface area contributed by atoms with E-state index in [1.54, 1.807) is 48.5 Å². The highest BCUT2D eigenvalue weighted by atomic mass is 19.3. The van der Waals surface area contributed by atoms with Crippen LogP contribution in [0.15, 0.2) is 54.6 Å². The predicted molar refractivity (Wildman–Crippen MR) is 99.6 cm³/mol. The topological polar surface area (TPSA) is 84.7 Å². The van der Waals surface area contributed by atoms with Crippen LogP contribution in [-0.2, 0) is 22.7 Å². The normalized spacial score (nSPS) is 18.0. The van der Waals surface area contributed by atoms with E-state index in [9.17, 15) is 18.4 Å². The van der Waals surface area contributed by atoms with Gasteiger partial charge in [-0.3, -0.25) is 9.69 Å². The summed E-state index contributed by atoms with van der Waals surface area (Å²) in [5, 5.41) is 2.58. The molecule has 28 heavy (non-hydrogen) atoms. The van der Waals surface area contributed by atoms with Crippen LogP contribution in [0, 0.1) is 0 Å². The molecule has 3 N–H and O–H groups in total. The minimum Gasteiger partial charge on any atom is -0.445 e. The van der Waals surface area contributed by atoms with Gasteiger partial charge in [0.25, 0.3) is 5.92 Å². The second kappa shape index (κ2) is 8.35. The van der Waals surface area contributed by atoms with Crippen molar-refractivity contribution in [1.82, 2.24) is 4.90 Å². The van der Waals surface area contributed by atoms with Crippen LogP contribution in [0.4, 0.5) is 19.3 Å². The number of nitrogens with two attached hydrogens (primary N) is 1. The monoisotopic (exact) mass is 389 g/mol. The van der Waals surface area contributed by atoms with E-state index < -0.39 is 36.9 Å². The maximum Gasteiger partial charge on any atom is 0.410 e. The summed E-state index contributed by atoms with van der Waals surface area (Å²) in [5.41, 5.74) is 7.51. The molecule has 0 aliphatic carbocycles. The zero-order valence-corrected chi connectivity index (χ0v) is 15.1. The van der Waals surface area contributed by atoms with Gasteiger partial charge in [-0.05, 0) is 23.3 Å². The number of likely N-dealkylation sites (tertiary alicyclic amines) is 1. The van der Waals surface area contributed by atoms with Crippen LogP contribution in [-0.4, -0.2) is 35.4 Å². The smallest absolute Gasteiger partial charge is 0.410 e. The molecule has 3 rings (SSSR count). The number of hydrogen-bond acceptors (Lipinski definition) is 4. The van der Waals surface area contributed by atoms with E-state index in [2.05, 4.69) is 5.32 Å². The van der Waals surface area contributed by atoms with Crippen molar-refractivity contribution in [3.63, 3.8) is 0 Å². The van der Waals surface area contributed by atoms with Crippen LogP contribution in [0.1, 0.15) is 17.5 Å². The van der Waals surface area contributed by atoms with Gasteiger partial charge in [-0.2, -0.15) is 0 Å². The third kappa shape index (κ3) is 4.83. The van der Waals surface area contributed by atoms with E-state index in [-0.39, 0.29) is 13.2 Å². The lowest BCUT2D eigenvalue weighted by molar-refractivity contribution is -0.120. The number of hydrogen-bond donors (Lipinski definition) is 2. The number of rotatable bonds is 5. The Morgan fingerprint density at radius 3 is 2.57 bits per heavy atom. The minimum absolute atomic E-state index is 0.0609. The Bertz CT molecular complexity index is 846. The first-order chi connectivity index (χ1) is 13.4. The number of carbonyl (C=O) groups is 2. The van der Waals surface area contributed by atoms with Crippen LogP contribution in [0.2, 0.25) is 0 Å². The fourth-order valence-electron chi connectivity index (χ4n) is 3.05. The van der Waals surface area contributed by atoms with Crippen LogP contribution in [0.25, 0.3) is 0 Å². The van der Waals surface area contributed by atoms with Gasteiger partial charge in [-0.1, -0.05) is 42.5 Å². The fourth-order valence-corrected chi connectivity index (χ4v) is 3.05. The van der Waals surface area contributed by atoms with Crippen molar-refractivity contribution in [2.45, 2.75) is 31.5 Å². The fraction of sp³-hybridized carbons (Fsp3) is 0.300. The van der Waals surface area contributed by atoms with Crippen molar-refractivity contribution in [2.75, 3.05) is 11.9 Å². The Hall–Kier alpha value is -3.00. The summed E-state index contributed by atoms with van der Waals surface area (Å²) in [6.07, 6.45) is -1.70. The number of nitrogens with one attached hydrogen (secondary N) is 1. The SMILES string of the molecule is NCc1cccc(NC(=O)[C@H]2CC(F)(F)CN2C(=O)OCc2ccccc2)c1. The first-order valence-corrected chi connectivity index (χ1v) is 8.83. The van der Waals surface area contributed by atoms with Gasteiger partial charge in [0.05, 0.1) is 6.54 Å². The van der Waals surface area contributed by atoms with Gasteiger partial charge in [-0.25, -0.2) is 13.6 Å². The van der Waals surface area contributed by atoms with E-state index in [1.165, 1.54) is 0 Å². The molecule has 8 heteroatoms. The summed E-state index contributed by atoms with van der Waals surface area (Å²) in [4.78, 5) is 25.7. The van der Waals surface area contributed by atoms with Crippen molar-refractivity contribution in [2.24, 2.45) is 5.73 Å². The van der Waals surface area contributed by atoms with Crippen LogP contribution < -0.4 is 11.1 Å². The lowest BCUT2D eigenvalue weighted by Gasteiger charge is -2.22. The molecule has 0 aromatic heterocycles. The zero-order chi connectivity index (χ0) is 20.1. The lowest BCUT2D eigenvalue weighted by Crippen LogP contribution is -2.43. The number of nitrogens with zero attached hydrogens (tertiary/aromatic N) is 1. The molecule has 2 aromatic carbocycles. The van der Waals surface area contributed by atoms with E-state index in [4.69, 9.17) is 10.5 Å². The maximum absolute atomic E-state index is 13.9. The molecular weight excluding hydrogens is 368 g/mol. The predicted octanol–water partition coefficient (Wildman–Crippen LogP) is 3.13. The number of benzene rings is 2. The van der Waals surface area contributed by atoms with Gasteiger partial charge in [0.15, 0.2) is 0 Å². The molecule has 1 fully saturated rings. The largest absolute Gasteiger partial charge is 0.445 e. The molecule has 0 spiro atoms. The van der Waals surface area contributed by atoms with Crippen molar-refractivity contribution in [3.05, 3.63) is 65.7 Å². The third-order valence-electron chi connectivity index (χ3n) is 4.44. The molecule has 1 saturated heterocycles. The molecule has 2 amide bonds. The Morgan fingerprint density at radius 1 is 1.14 bits per heavy atom. The van der Waals surface area contributed by atoms with Crippen molar-refractivity contribution >= 4 is 17.7 Å². The standard InChI is InChI=1S/C20H21F2N3O3/c21-20(22)10-17(18(26)24-16-8-4-7-15(9-16)11-23)25(13-20)19(27)28-12-14-5-2-1-3-6-14/h1-9,17H,10-13,23H2,(H,24,26)/t17-/m1/s1. The van der Waals surface area contributed by atoms with Gasteiger partial charge in [0, 0.05) is 18.7 Å². The number of anilines is 1. The molecule has 1 heterocycles. The Kier molecular flexibility index (Phi) is 5.89. The molecule has 6 nitrogen and oxygen atoms in total. The summed E-state index contributed by atoms with van der Waals surface area (Å²) in [7, 11) is 0. The average molecular weight is 389 g/mol. The highest BCUT2D eigenvalue weighted by molar-refractivity contribution is 5.97. The molecule has 0 bridgehead atoms. The van der Waals surface area contributed by atoms with Crippen LogP contribution >= 0.6 is 0 Å². The molecular formula is C20H21F2N3O3. The van der Waals surface area contributed by atoms with Gasteiger partial charge in [-0.15, -0.1) is 0 Å². The first kappa shape index (κ1) is 19.8. The molecule has 0 unspecified atom stereocenters. The van der Waals surface area contributed by atoms with E-state index in [0.717, 1.165) is 16.0 Å². The van der Waals surface area contributed by atoms with Crippen molar-refractivity contribution in [1.29, 1.82) is 0 Å². The highest BCUT2D eigenvalue weighted by Gasteiger charge is 2.50. The average Bonchev–Trinajstić information content (AvgIpc) is 3.03. The van der Waals surface area contributed by atoms with Gasteiger partial charge in [0.2, 0.25) is 5.91 Å². The van der Waals surface area contributed by atoms with Crippen LogP contribution in [0.3, 0.4) is 0 Å². The van der Waals surface area contributed by atoms with E-state index in [0.29, 0.717) is 5.69 Å². The lowest BCUT2D eigenvalue weighted by atomic mass is 10.1. The summed E-state index contributed by atoms with van der Waals surface area (Å²) < 4.78 is 33.0. The third-order valence-corrected chi connectivity index (χ3v) is 4.44. The zero-order valence-electron chi connectivity index (χ0n) is 15.1. The molecule has 2 aromatic rings. The minimum atomic E-state index is -3.16.